The standard InChI is InChI=1S/C18H24O3/c19-17(20)13-18(8-1-2-9-18)10-7-14-5-6-16-15(12-14)4-3-11-21-16/h5-6,12H,1-4,7-11,13H2,(H,19,20). The molecule has 114 valence electrons. The van der Waals surface area contributed by atoms with Crippen LogP contribution in [0.3, 0.4) is 0 Å². The van der Waals surface area contributed by atoms with E-state index in [2.05, 4.69) is 18.2 Å². The Kier molecular flexibility index (Phi) is 4.18. The number of carboxylic acid groups (broad SMARTS) is 1. The maximum Gasteiger partial charge on any atom is 0.303 e. The third kappa shape index (κ3) is 3.39. The van der Waals surface area contributed by atoms with Crippen molar-refractivity contribution in [2.75, 3.05) is 6.61 Å². The number of carboxylic acids is 1. The van der Waals surface area contributed by atoms with Crippen molar-refractivity contribution in [2.45, 2.75) is 57.8 Å². The van der Waals surface area contributed by atoms with Crippen molar-refractivity contribution in [3.05, 3.63) is 29.3 Å². The number of carbonyl (C=O) groups is 1. The molecule has 0 aromatic heterocycles. The number of ether oxygens (including phenoxy) is 1. The quantitative estimate of drug-likeness (QED) is 0.891. The zero-order valence-electron chi connectivity index (χ0n) is 12.6. The molecule has 3 heteroatoms. The average molecular weight is 288 g/mol. The SMILES string of the molecule is O=C(O)CC1(CCc2ccc3c(c2)CCCO3)CCCC1. The summed E-state index contributed by atoms with van der Waals surface area (Å²) in [6.07, 6.45) is 9.04. The fourth-order valence-electron chi connectivity index (χ4n) is 3.94. The summed E-state index contributed by atoms with van der Waals surface area (Å²) in [4.78, 5) is 11.1. The Morgan fingerprint density at radius 3 is 2.81 bits per heavy atom. The van der Waals surface area contributed by atoms with Crippen molar-refractivity contribution in [3.8, 4) is 5.75 Å². The van der Waals surface area contributed by atoms with E-state index in [-0.39, 0.29) is 5.41 Å². The Morgan fingerprint density at radius 1 is 1.24 bits per heavy atom. The first-order valence-electron chi connectivity index (χ1n) is 8.13. The maximum atomic E-state index is 11.1. The Labute approximate surface area is 126 Å². The van der Waals surface area contributed by atoms with Crippen molar-refractivity contribution in [1.29, 1.82) is 0 Å². The topological polar surface area (TPSA) is 46.5 Å². The molecule has 1 aliphatic carbocycles. The van der Waals surface area contributed by atoms with E-state index in [0.717, 1.165) is 50.9 Å². The molecule has 3 nitrogen and oxygen atoms in total. The highest BCUT2D eigenvalue weighted by Crippen LogP contribution is 2.45. The predicted octanol–water partition coefficient (Wildman–Crippen LogP) is 3.98. The molecular weight excluding hydrogens is 264 g/mol. The molecule has 21 heavy (non-hydrogen) atoms. The number of aryl methyl sites for hydroxylation is 2. The van der Waals surface area contributed by atoms with Crippen molar-refractivity contribution in [1.82, 2.24) is 0 Å². The van der Waals surface area contributed by atoms with Crippen LogP contribution in [0.15, 0.2) is 18.2 Å². The lowest BCUT2D eigenvalue weighted by Crippen LogP contribution is -2.21. The molecule has 0 radical (unpaired) electrons. The number of benzene rings is 1. The van der Waals surface area contributed by atoms with Gasteiger partial charge in [-0.05, 0) is 61.1 Å². The molecule has 1 saturated carbocycles. The Morgan fingerprint density at radius 2 is 2.05 bits per heavy atom. The summed E-state index contributed by atoms with van der Waals surface area (Å²) in [7, 11) is 0. The van der Waals surface area contributed by atoms with E-state index >= 15 is 0 Å². The highest BCUT2D eigenvalue weighted by molar-refractivity contribution is 5.67. The lowest BCUT2D eigenvalue weighted by atomic mass is 9.77. The minimum Gasteiger partial charge on any atom is -0.493 e. The Balaban J connectivity index is 1.67. The van der Waals surface area contributed by atoms with Crippen molar-refractivity contribution in [2.24, 2.45) is 5.41 Å². The molecule has 0 amide bonds. The average Bonchev–Trinajstić information content (AvgIpc) is 2.93. The Bertz CT molecular complexity index is 515. The second-order valence-corrected chi connectivity index (χ2v) is 6.67. The predicted molar refractivity (Wildman–Crippen MR) is 81.7 cm³/mol. The monoisotopic (exact) mass is 288 g/mol. The lowest BCUT2D eigenvalue weighted by Gasteiger charge is -2.27. The van der Waals surface area contributed by atoms with Gasteiger partial charge in [-0.25, -0.2) is 0 Å². The normalized spacial score (nSPS) is 19.8. The summed E-state index contributed by atoms with van der Waals surface area (Å²) in [6.45, 7) is 0.827. The second kappa shape index (κ2) is 6.08. The van der Waals surface area contributed by atoms with Crippen LogP contribution in [0.5, 0.6) is 5.75 Å². The number of fused-ring (bicyclic) bond motifs is 1. The summed E-state index contributed by atoms with van der Waals surface area (Å²) in [5, 5.41) is 9.18. The molecule has 0 saturated heterocycles. The third-order valence-electron chi connectivity index (χ3n) is 5.11. The van der Waals surface area contributed by atoms with Crippen LogP contribution in [0.1, 0.15) is 56.1 Å². The van der Waals surface area contributed by atoms with Gasteiger partial charge in [0.1, 0.15) is 5.75 Å². The first-order chi connectivity index (χ1) is 10.2. The van der Waals surface area contributed by atoms with Crippen LogP contribution >= 0.6 is 0 Å². The van der Waals surface area contributed by atoms with Crippen LogP contribution in [0.2, 0.25) is 0 Å². The number of aliphatic carboxylic acids is 1. The van der Waals surface area contributed by atoms with Crippen molar-refractivity contribution >= 4 is 5.97 Å². The van der Waals surface area contributed by atoms with Gasteiger partial charge in [-0.3, -0.25) is 4.79 Å². The van der Waals surface area contributed by atoms with Crippen LogP contribution in [0, 0.1) is 5.41 Å². The van der Waals surface area contributed by atoms with Gasteiger partial charge in [-0.1, -0.05) is 25.0 Å². The van der Waals surface area contributed by atoms with E-state index < -0.39 is 5.97 Å². The zero-order chi connectivity index (χ0) is 14.7. The lowest BCUT2D eigenvalue weighted by molar-refractivity contribution is -0.139. The molecule has 3 rings (SSSR count). The highest BCUT2D eigenvalue weighted by atomic mass is 16.5. The van der Waals surface area contributed by atoms with E-state index in [4.69, 9.17) is 4.74 Å². The smallest absolute Gasteiger partial charge is 0.303 e. The first-order valence-corrected chi connectivity index (χ1v) is 8.13. The van der Waals surface area contributed by atoms with Gasteiger partial charge < -0.3 is 9.84 Å². The molecule has 1 aromatic rings. The fraction of sp³-hybridized carbons (Fsp3) is 0.611. The molecule has 1 fully saturated rings. The summed E-state index contributed by atoms with van der Waals surface area (Å²) >= 11 is 0. The number of rotatable bonds is 5. The van der Waals surface area contributed by atoms with Gasteiger partial charge >= 0.3 is 5.97 Å². The van der Waals surface area contributed by atoms with E-state index in [1.807, 2.05) is 0 Å². The van der Waals surface area contributed by atoms with Crippen molar-refractivity contribution < 1.29 is 14.6 Å². The molecule has 1 heterocycles. The van der Waals surface area contributed by atoms with Gasteiger partial charge in [0.05, 0.1) is 13.0 Å². The molecule has 0 atom stereocenters. The summed E-state index contributed by atoms with van der Waals surface area (Å²) < 4.78 is 5.65. The van der Waals surface area contributed by atoms with E-state index in [1.165, 1.54) is 24.0 Å². The molecule has 1 aromatic carbocycles. The summed E-state index contributed by atoms with van der Waals surface area (Å²) in [5.41, 5.74) is 2.69. The van der Waals surface area contributed by atoms with Crippen LogP contribution in [0.4, 0.5) is 0 Å². The van der Waals surface area contributed by atoms with Crippen LogP contribution in [-0.4, -0.2) is 17.7 Å². The minimum absolute atomic E-state index is 0.0399. The molecular formula is C18H24O3. The molecule has 1 aliphatic heterocycles. The Hall–Kier alpha value is -1.51. The molecule has 2 aliphatic rings. The van der Waals surface area contributed by atoms with Crippen molar-refractivity contribution in [3.63, 3.8) is 0 Å². The molecule has 0 spiro atoms. The van der Waals surface area contributed by atoms with Gasteiger partial charge in [0.25, 0.3) is 0 Å². The summed E-state index contributed by atoms with van der Waals surface area (Å²) in [5.74, 6) is 0.391. The fourth-order valence-corrected chi connectivity index (χ4v) is 3.94. The highest BCUT2D eigenvalue weighted by Gasteiger charge is 2.35. The molecule has 0 bridgehead atoms. The number of hydrogen-bond acceptors (Lipinski definition) is 2. The largest absolute Gasteiger partial charge is 0.493 e. The third-order valence-corrected chi connectivity index (χ3v) is 5.11. The number of hydrogen-bond donors (Lipinski definition) is 1. The van der Waals surface area contributed by atoms with Crippen LogP contribution < -0.4 is 4.74 Å². The van der Waals surface area contributed by atoms with Gasteiger partial charge in [0.2, 0.25) is 0 Å². The van der Waals surface area contributed by atoms with Crippen LogP contribution in [-0.2, 0) is 17.6 Å². The molecule has 0 unspecified atom stereocenters. The van der Waals surface area contributed by atoms with Gasteiger partial charge in [0, 0.05) is 0 Å². The van der Waals surface area contributed by atoms with E-state index in [0.29, 0.717) is 6.42 Å². The summed E-state index contributed by atoms with van der Waals surface area (Å²) in [6, 6.07) is 6.49. The molecule has 1 N–H and O–H groups in total. The van der Waals surface area contributed by atoms with Gasteiger partial charge in [0.15, 0.2) is 0 Å². The first kappa shape index (κ1) is 14.4. The maximum absolute atomic E-state index is 11.1. The van der Waals surface area contributed by atoms with E-state index in [1.54, 1.807) is 0 Å². The second-order valence-electron chi connectivity index (χ2n) is 6.67. The van der Waals surface area contributed by atoms with Gasteiger partial charge in [-0.15, -0.1) is 0 Å². The minimum atomic E-state index is -0.643. The van der Waals surface area contributed by atoms with Crippen LogP contribution in [0.25, 0.3) is 0 Å². The zero-order valence-corrected chi connectivity index (χ0v) is 12.6. The van der Waals surface area contributed by atoms with Gasteiger partial charge in [-0.2, -0.15) is 0 Å². The van der Waals surface area contributed by atoms with E-state index in [9.17, 15) is 9.90 Å².